The van der Waals surface area contributed by atoms with E-state index in [1.807, 2.05) is 49.0 Å². The monoisotopic (exact) mass is 187 g/mol. The standard InChI is InChI=1S/C11H13N3/c1-9-4-3-5-11(13-9)8-14-10(2)6-7-12-14/h3-7H,8H2,1-2H3. The summed E-state index contributed by atoms with van der Waals surface area (Å²) in [5.41, 5.74) is 3.26. The summed E-state index contributed by atoms with van der Waals surface area (Å²) >= 11 is 0. The van der Waals surface area contributed by atoms with E-state index in [0.717, 1.165) is 23.6 Å². The average molecular weight is 187 g/mol. The fourth-order valence-corrected chi connectivity index (χ4v) is 1.41. The fourth-order valence-electron chi connectivity index (χ4n) is 1.41. The van der Waals surface area contributed by atoms with Crippen LogP contribution in [0.15, 0.2) is 30.5 Å². The Kier molecular flexibility index (Phi) is 2.31. The van der Waals surface area contributed by atoms with Crippen molar-refractivity contribution >= 4 is 0 Å². The lowest BCUT2D eigenvalue weighted by atomic mass is 10.3. The molecular weight excluding hydrogens is 174 g/mol. The summed E-state index contributed by atoms with van der Waals surface area (Å²) in [7, 11) is 0. The number of aryl methyl sites for hydroxylation is 2. The van der Waals surface area contributed by atoms with E-state index in [-0.39, 0.29) is 0 Å². The van der Waals surface area contributed by atoms with Crippen LogP contribution in [-0.4, -0.2) is 14.8 Å². The quantitative estimate of drug-likeness (QED) is 0.719. The van der Waals surface area contributed by atoms with Gasteiger partial charge in [0, 0.05) is 17.6 Å². The van der Waals surface area contributed by atoms with Crippen LogP contribution in [0.2, 0.25) is 0 Å². The minimum atomic E-state index is 0.751. The van der Waals surface area contributed by atoms with E-state index in [1.165, 1.54) is 0 Å². The second kappa shape index (κ2) is 3.62. The van der Waals surface area contributed by atoms with Gasteiger partial charge < -0.3 is 0 Å². The van der Waals surface area contributed by atoms with Crippen LogP contribution in [0.3, 0.4) is 0 Å². The van der Waals surface area contributed by atoms with Crippen LogP contribution in [-0.2, 0) is 6.54 Å². The van der Waals surface area contributed by atoms with Crippen molar-refractivity contribution in [2.75, 3.05) is 0 Å². The van der Waals surface area contributed by atoms with Gasteiger partial charge in [0.1, 0.15) is 0 Å². The van der Waals surface area contributed by atoms with E-state index < -0.39 is 0 Å². The summed E-state index contributed by atoms with van der Waals surface area (Å²) in [6.07, 6.45) is 1.81. The predicted octanol–water partition coefficient (Wildman–Crippen LogP) is 1.94. The number of rotatable bonds is 2. The Labute approximate surface area is 83.4 Å². The molecular formula is C11H13N3. The second-order valence-electron chi connectivity index (χ2n) is 3.40. The molecule has 2 heterocycles. The highest BCUT2D eigenvalue weighted by Gasteiger charge is 1.99. The van der Waals surface area contributed by atoms with Gasteiger partial charge in [0.25, 0.3) is 0 Å². The molecule has 72 valence electrons. The second-order valence-corrected chi connectivity index (χ2v) is 3.40. The molecule has 2 aromatic heterocycles. The molecule has 0 aliphatic carbocycles. The van der Waals surface area contributed by atoms with Crippen molar-refractivity contribution in [1.82, 2.24) is 14.8 Å². The Morgan fingerprint density at radius 1 is 1.21 bits per heavy atom. The largest absolute Gasteiger partial charge is 0.264 e. The third-order valence-corrected chi connectivity index (χ3v) is 2.19. The van der Waals surface area contributed by atoms with Gasteiger partial charge in [0.15, 0.2) is 0 Å². The number of hydrogen-bond acceptors (Lipinski definition) is 2. The van der Waals surface area contributed by atoms with Crippen molar-refractivity contribution in [2.24, 2.45) is 0 Å². The summed E-state index contributed by atoms with van der Waals surface area (Å²) in [6, 6.07) is 8.04. The summed E-state index contributed by atoms with van der Waals surface area (Å²) in [4.78, 5) is 4.43. The number of nitrogens with zero attached hydrogens (tertiary/aromatic N) is 3. The van der Waals surface area contributed by atoms with Gasteiger partial charge in [0.05, 0.1) is 12.2 Å². The Balaban J connectivity index is 2.23. The summed E-state index contributed by atoms with van der Waals surface area (Å²) in [6.45, 7) is 4.79. The summed E-state index contributed by atoms with van der Waals surface area (Å²) in [5, 5.41) is 4.22. The zero-order valence-corrected chi connectivity index (χ0v) is 8.44. The van der Waals surface area contributed by atoms with Gasteiger partial charge in [-0.15, -0.1) is 0 Å². The molecule has 0 unspecified atom stereocenters. The summed E-state index contributed by atoms with van der Waals surface area (Å²) in [5.74, 6) is 0. The van der Waals surface area contributed by atoms with E-state index in [0.29, 0.717) is 0 Å². The van der Waals surface area contributed by atoms with E-state index in [9.17, 15) is 0 Å². The van der Waals surface area contributed by atoms with Gasteiger partial charge in [0.2, 0.25) is 0 Å². The van der Waals surface area contributed by atoms with Crippen LogP contribution in [0.1, 0.15) is 17.1 Å². The molecule has 0 atom stereocenters. The molecule has 14 heavy (non-hydrogen) atoms. The Bertz CT molecular complexity index is 432. The maximum absolute atomic E-state index is 4.43. The van der Waals surface area contributed by atoms with Crippen LogP contribution in [0.25, 0.3) is 0 Å². The van der Waals surface area contributed by atoms with E-state index in [2.05, 4.69) is 10.1 Å². The molecule has 0 fully saturated rings. The molecule has 0 bridgehead atoms. The highest BCUT2D eigenvalue weighted by Crippen LogP contribution is 2.03. The zero-order valence-electron chi connectivity index (χ0n) is 8.44. The molecule has 0 spiro atoms. The van der Waals surface area contributed by atoms with E-state index in [1.54, 1.807) is 0 Å². The fraction of sp³-hybridized carbons (Fsp3) is 0.273. The first-order valence-corrected chi connectivity index (χ1v) is 4.66. The predicted molar refractivity (Wildman–Crippen MR) is 55.0 cm³/mol. The molecule has 0 N–H and O–H groups in total. The normalized spacial score (nSPS) is 10.4. The van der Waals surface area contributed by atoms with Crippen LogP contribution >= 0.6 is 0 Å². The molecule has 0 radical (unpaired) electrons. The SMILES string of the molecule is Cc1cccc(Cn2nccc2C)n1. The van der Waals surface area contributed by atoms with Crippen molar-refractivity contribution < 1.29 is 0 Å². The summed E-state index contributed by atoms with van der Waals surface area (Å²) < 4.78 is 1.95. The molecule has 3 heteroatoms. The molecule has 0 saturated carbocycles. The molecule has 0 saturated heterocycles. The van der Waals surface area contributed by atoms with Gasteiger partial charge in [-0.25, -0.2) is 0 Å². The van der Waals surface area contributed by atoms with Crippen molar-refractivity contribution in [2.45, 2.75) is 20.4 Å². The first kappa shape index (κ1) is 8.94. The number of pyridine rings is 1. The van der Waals surface area contributed by atoms with E-state index >= 15 is 0 Å². The first-order chi connectivity index (χ1) is 6.75. The lowest BCUT2D eigenvalue weighted by molar-refractivity contribution is 0.651. The Morgan fingerprint density at radius 2 is 2.07 bits per heavy atom. The van der Waals surface area contributed by atoms with Crippen LogP contribution < -0.4 is 0 Å². The van der Waals surface area contributed by atoms with Crippen molar-refractivity contribution in [3.63, 3.8) is 0 Å². The van der Waals surface area contributed by atoms with Crippen LogP contribution in [0.4, 0.5) is 0 Å². The molecule has 0 aromatic carbocycles. The van der Waals surface area contributed by atoms with Crippen molar-refractivity contribution in [3.05, 3.63) is 47.5 Å². The minimum Gasteiger partial charge on any atom is -0.264 e. The van der Waals surface area contributed by atoms with Gasteiger partial charge in [-0.05, 0) is 32.0 Å². The lowest BCUT2D eigenvalue weighted by Crippen LogP contribution is -2.05. The zero-order chi connectivity index (χ0) is 9.97. The first-order valence-electron chi connectivity index (χ1n) is 4.66. The molecule has 3 nitrogen and oxygen atoms in total. The maximum Gasteiger partial charge on any atom is 0.0834 e. The third kappa shape index (κ3) is 1.82. The lowest BCUT2D eigenvalue weighted by Gasteiger charge is -2.04. The maximum atomic E-state index is 4.43. The Morgan fingerprint density at radius 3 is 2.71 bits per heavy atom. The van der Waals surface area contributed by atoms with Crippen LogP contribution in [0, 0.1) is 13.8 Å². The van der Waals surface area contributed by atoms with Gasteiger partial charge >= 0.3 is 0 Å². The number of aromatic nitrogens is 3. The van der Waals surface area contributed by atoms with Crippen molar-refractivity contribution in [3.8, 4) is 0 Å². The highest BCUT2D eigenvalue weighted by molar-refractivity contribution is 5.11. The highest BCUT2D eigenvalue weighted by atomic mass is 15.3. The van der Waals surface area contributed by atoms with Gasteiger partial charge in [-0.3, -0.25) is 9.67 Å². The topological polar surface area (TPSA) is 30.7 Å². The van der Waals surface area contributed by atoms with Crippen molar-refractivity contribution in [1.29, 1.82) is 0 Å². The van der Waals surface area contributed by atoms with Crippen LogP contribution in [0.5, 0.6) is 0 Å². The smallest absolute Gasteiger partial charge is 0.0834 e. The molecule has 2 aromatic rings. The van der Waals surface area contributed by atoms with Gasteiger partial charge in [-0.1, -0.05) is 6.07 Å². The minimum absolute atomic E-state index is 0.751. The molecule has 0 aliphatic rings. The average Bonchev–Trinajstić information content (AvgIpc) is 2.52. The van der Waals surface area contributed by atoms with Gasteiger partial charge in [-0.2, -0.15) is 5.10 Å². The van der Waals surface area contributed by atoms with E-state index in [4.69, 9.17) is 0 Å². The number of hydrogen-bond donors (Lipinski definition) is 0. The molecule has 2 rings (SSSR count). The molecule has 0 aliphatic heterocycles. The third-order valence-electron chi connectivity index (χ3n) is 2.19. The Hall–Kier alpha value is -1.64. The molecule has 0 amide bonds.